The summed E-state index contributed by atoms with van der Waals surface area (Å²) in [4.78, 5) is 11.5. The molecule has 0 aliphatic rings. The van der Waals surface area contributed by atoms with E-state index in [-0.39, 0.29) is 5.22 Å². The van der Waals surface area contributed by atoms with Gasteiger partial charge >= 0.3 is 0 Å². The minimum absolute atomic E-state index is 0.241. The molecule has 66 valence electrons. The Hall–Kier alpha value is -1.06. The minimum atomic E-state index is 0.241. The Kier molecular flexibility index (Phi) is 2.20. The highest BCUT2D eigenvalue weighted by Crippen LogP contribution is 2.31. The summed E-state index contributed by atoms with van der Waals surface area (Å²) in [6, 6.07) is 5.29. The number of furan rings is 1. The average Bonchev–Trinajstić information content (AvgIpc) is 2.71. The molecule has 0 fully saturated rings. The Morgan fingerprint density at radius 2 is 2.38 bits per heavy atom. The number of thiophene rings is 1. The number of carbonyl (C=O) groups excluding carboxylic acids is 1. The van der Waals surface area contributed by atoms with Crippen molar-refractivity contribution in [2.75, 3.05) is 0 Å². The molecule has 4 heteroatoms. The Balaban J connectivity index is 2.56. The van der Waals surface area contributed by atoms with Crippen LogP contribution in [0.5, 0.6) is 0 Å². The first-order valence-electron chi connectivity index (χ1n) is 3.59. The summed E-state index contributed by atoms with van der Waals surface area (Å²) >= 11 is 7.15. The summed E-state index contributed by atoms with van der Waals surface area (Å²) in [5.41, 5.74) is 0.493. The Morgan fingerprint density at radius 3 is 3.00 bits per heavy atom. The van der Waals surface area contributed by atoms with Crippen LogP contribution in [0.4, 0.5) is 0 Å². The molecule has 0 saturated carbocycles. The molecule has 0 aliphatic carbocycles. The van der Waals surface area contributed by atoms with E-state index in [1.54, 1.807) is 0 Å². The van der Waals surface area contributed by atoms with Gasteiger partial charge in [0.05, 0.1) is 10.4 Å². The molecule has 0 N–H and O–H groups in total. The molecule has 0 aliphatic heterocycles. The second kappa shape index (κ2) is 3.36. The lowest BCUT2D eigenvalue weighted by Gasteiger charge is -1.90. The van der Waals surface area contributed by atoms with E-state index in [9.17, 15) is 4.79 Å². The van der Waals surface area contributed by atoms with Crippen LogP contribution >= 0.6 is 22.9 Å². The zero-order valence-corrected chi connectivity index (χ0v) is 8.06. The second-order valence-electron chi connectivity index (χ2n) is 2.43. The van der Waals surface area contributed by atoms with Crippen molar-refractivity contribution in [3.63, 3.8) is 0 Å². The summed E-state index contributed by atoms with van der Waals surface area (Å²) in [7, 11) is 0. The van der Waals surface area contributed by atoms with Gasteiger partial charge in [0.1, 0.15) is 0 Å². The number of hydrogen-bond donors (Lipinski definition) is 0. The third-order valence-corrected chi connectivity index (χ3v) is 2.66. The highest BCUT2D eigenvalue weighted by Gasteiger charge is 2.11. The largest absolute Gasteiger partial charge is 0.443 e. The van der Waals surface area contributed by atoms with Gasteiger partial charge in [-0.05, 0) is 23.0 Å². The van der Waals surface area contributed by atoms with Gasteiger partial charge in [0.25, 0.3) is 0 Å². The number of halogens is 1. The van der Waals surface area contributed by atoms with E-state index in [1.165, 1.54) is 17.4 Å². The molecule has 2 heterocycles. The quantitative estimate of drug-likeness (QED) is 0.714. The fourth-order valence-electron chi connectivity index (χ4n) is 1.06. The van der Waals surface area contributed by atoms with Crippen LogP contribution in [0.3, 0.4) is 0 Å². The van der Waals surface area contributed by atoms with E-state index >= 15 is 0 Å². The molecule has 13 heavy (non-hydrogen) atoms. The molecule has 0 aromatic carbocycles. The first-order chi connectivity index (χ1) is 6.31. The molecule has 0 atom stereocenters. The lowest BCUT2D eigenvalue weighted by molar-refractivity contribution is 0.112. The summed E-state index contributed by atoms with van der Waals surface area (Å²) in [6.07, 6.45) is 0.741. The van der Waals surface area contributed by atoms with Gasteiger partial charge in [-0.15, -0.1) is 11.3 Å². The molecule has 2 aromatic rings. The van der Waals surface area contributed by atoms with E-state index in [2.05, 4.69) is 0 Å². The highest BCUT2D eigenvalue weighted by molar-refractivity contribution is 7.13. The normalized spacial score (nSPS) is 10.2. The average molecular weight is 213 g/mol. The van der Waals surface area contributed by atoms with Crippen LogP contribution in [0.1, 0.15) is 10.4 Å². The topological polar surface area (TPSA) is 30.2 Å². The van der Waals surface area contributed by atoms with Crippen LogP contribution in [0.2, 0.25) is 5.22 Å². The Morgan fingerprint density at radius 1 is 1.54 bits per heavy atom. The lowest BCUT2D eigenvalue weighted by Crippen LogP contribution is -1.76. The van der Waals surface area contributed by atoms with Crippen molar-refractivity contribution in [2.45, 2.75) is 0 Å². The van der Waals surface area contributed by atoms with Gasteiger partial charge in [-0.1, -0.05) is 6.07 Å². The Labute approximate surface area is 83.8 Å². The number of aldehydes is 1. The maximum atomic E-state index is 10.6. The SMILES string of the molecule is O=Cc1cc(Cl)oc1-c1cccs1. The third-order valence-electron chi connectivity index (χ3n) is 1.60. The summed E-state index contributed by atoms with van der Waals surface area (Å²) in [6.45, 7) is 0. The van der Waals surface area contributed by atoms with Crippen LogP contribution in [0, 0.1) is 0 Å². The van der Waals surface area contributed by atoms with Crippen molar-refractivity contribution in [2.24, 2.45) is 0 Å². The zero-order valence-electron chi connectivity index (χ0n) is 6.49. The highest BCUT2D eigenvalue weighted by atomic mass is 35.5. The monoisotopic (exact) mass is 212 g/mol. The van der Waals surface area contributed by atoms with Gasteiger partial charge < -0.3 is 4.42 Å². The maximum absolute atomic E-state index is 10.6. The van der Waals surface area contributed by atoms with Crippen LogP contribution in [-0.2, 0) is 0 Å². The van der Waals surface area contributed by atoms with Crippen LogP contribution in [0.15, 0.2) is 28.0 Å². The number of rotatable bonds is 2. The van der Waals surface area contributed by atoms with Gasteiger partial charge in [0, 0.05) is 6.07 Å². The minimum Gasteiger partial charge on any atom is -0.443 e. The van der Waals surface area contributed by atoms with Crippen molar-refractivity contribution in [1.82, 2.24) is 0 Å². The fourth-order valence-corrected chi connectivity index (χ4v) is 1.98. The third kappa shape index (κ3) is 1.53. The van der Waals surface area contributed by atoms with Crippen LogP contribution in [0.25, 0.3) is 10.6 Å². The zero-order chi connectivity index (χ0) is 9.26. The number of carbonyl (C=O) groups is 1. The van der Waals surface area contributed by atoms with Crippen molar-refractivity contribution in [1.29, 1.82) is 0 Å². The predicted molar refractivity (Wildman–Crippen MR) is 52.4 cm³/mol. The molecule has 0 radical (unpaired) electrons. The molecule has 2 nitrogen and oxygen atoms in total. The van der Waals surface area contributed by atoms with Crippen molar-refractivity contribution < 1.29 is 9.21 Å². The molecule has 0 spiro atoms. The first-order valence-corrected chi connectivity index (χ1v) is 4.85. The molecule has 0 amide bonds. The van der Waals surface area contributed by atoms with E-state index in [1.807, 2.05) is 17.5 Å². The molecule has 2 rings (SSSR count). The smallest absolute Gasteiger partial charge is 0.194 e. The van der Waals surface area contributed by atoms with E-state index in [4.69, 9.17) is 16.0 Å². The second-order valence-corrected chi connectivity index (χ2v) is 3.75. The Bertz CT molecular complexity index is 417. The van der Waals surface area contributed by atoms with Gasteiger partial charge in [-0.3, -0.25) is 4.79 Å². The van der Waals surface area contributed by atoms with Crippen molar-refractivity contribution in [3.8, 4) is 10.6 Å². The molecule has 0 saturated heterocycles. The standard InChI is InChI=1S/C9H5ClO2S/c10-8-4-6(5-11)9(12-8)7-2-1-3-13-7/h1-5H. The lowest BCUT2D eigenvalue weighted by atomic mass is 10.2. The van der Waals surface area contributed by atoms with Gasteiger partial charge in [-0.25, -0.2) is 0 Å². The van der Waals surface area contributed by atoms with Gasteiger partial charge in [0.15, 0.2) is 17.3 Å². The summed E-state index contributed by atoms with van der Waals surface area (Å²) < 4.78 is 5.19. The number of hydrogen-bond acceptors (Lipinski definition) is 3. The molecular formula is C9H5ClO2S. The van der Waals surface area contributed by atoms with Crippen LogP contribution in [-0.4, -0.2) is 6.29 Å². The molecule has 0 bridgehead atoms. The van der Waals surface area contributed by atoms with Crippen LogP contribution < -0.4 is 0 Å². The molecule has 2 aromatic heterocycles. The molecule has 0 unspecified atom stereocenters. The fraction of sp³-hybridized carbons (Fsp3) is 0. The van der Waals surface area contributed by atoms with E-state index in [0.717, 1.165) is 11.2 Å². The van der Waals surface area contributed by atoms with Crippen molar-refractivity contribution >= 4 is 29.2 Å². The van der Waals surface area contributed by atoms with Gasteiger partial charge in [0.2, 0.25) is 0 Å². The maximum Gasteiger partial charge on any atom is 0.194 e. The summed E-state index contributed by atoms with van der Waals surface area (Å²) in [5, 5.41) is 2.16. The first kappa shape index (κ1) is 8.53. The van der Waals surface area contributed by atoms with E-state index < -0.39 is 0 Å². The predicted octanol–water partition coefficient (Wildman–Crippen LogP) is 3.47. The molecular weight excluding hydrogens is 208 g/mol. The van der Waals surface area contributed by atoms with Gasteiger partial charge in [-0.2, -0.15) is 0 Å². The summed E-state index contributed by atoms with van der Waals surface area (Å²) in [5.74, 6) is 0.551. The van der Waals surface area contributed by atoms with E-state index in [0.29, 0.717) is 11.3 Å². The van der Waals surface area contributed by atoms with Crippen molar-refractivity contribution in [3.05, 3.63) is 34.4 Å².